The first-order chi connectivity index (χ1) is 19.4. The lowest BCUT2D eigenvalue weighted by Gasteiger charge is -2.37. The number of piperidine rings is 2. The number of nitrogens with one attached hydrogen (secondary N) is 2. The molecule has 12 heteroatoms. The summed E-state index contributed by atoms with van der Waals surface area (Å²) in [5.41, 5.74) is 0.927. The van der Waals surface area contributed by atoms with Gasteiger partial charge in [-0.25, -0.2) is 9.59 Å². The average molecular weight is 572 g/mol. The molecule has 1 aromatic carbocycles. The second-order valence-corrected chi connectivity index (χ2v) is 11.9. The number of amides is 6. The normalized spacial score (nSPS) is 19.1. The number of anilines is 1. The minimum absolute atomic E-state index is 0.0146. The molecule has 0 saturated carbocycles. The number of carbonyl (C=O) groups is 5. The maximum absolute atomic E-state index is 13.1. The molecule has 6 amide bonds. The van der Waals surface area contributed by atoms with Crippen molar-refractivity contribution in [2.24, 2.45) is 5.92 Å². The molecule has 3 aliphatic rings. The van der Waals surface area contributed by atoms with Gasteiger partial charge in [0.2, 0.25) is 11.8 Å². The monoisotopic (exact) mass is 571 g/mol. The van der Waals surface area contributed by atoms with Gasteiger partial charge in [0.15, 0.2) is 6.61 Å². The molecule has 3 heterocycles. The Bertz CT molecular complexity index is 1160. The van der Waals surface area contributed by atoms with Crippen molar-refractivity contribution in [2.75, 3.05) is 44.2 Å². The first-order valence-corrected chi connectivity index (χ1v) is 14.3. The number of aryl methyl sites for hydroxylation is 1. The molecular weight excluding hydrogens is 530 g/mol. The zero-order valence-electron chi connectivity index (χ0n) is 24.4. The predicted octanol–water partition coefficient (Wildman–Crippen LogP) is 2.57. The fraction of sp³-hybridized carbons (Fsp3) is 0.621. The average Bonchev–Trinajstić information content (AvgIpc) is 2.92. The molecule has 0 aliphatic carbocycles. The standard InChI is InChI=1S/C29H41N5O7/c1-19-5-6-22(17-23(19)34-16-11-24(35)31-27(34)38)40-18-25(36)32-12-7-20(8-13-32)26(37)33-14-9-21(10-15-33)30-28(39)41-29(2,3)4/h5-6,17,20-21H,7-16,18H2,1-4H3,(H,30,39)(H,31,35,38). The van der Waals surface area contributed by atoms with Gasteiger partial charge in [-0.1, -0.05) is 6.07 Å². The second kappa shape index (κ2) is 12.8. The zero-order valence-corrected chi connectivity index (χ0v) is 24.4. The number of alkyl carbamates (subject to hydrolysis) is 1. The van der Waals surface area contributed by atoms with Crippen molar-refractivity contribution >= 4 is 35.5 Å². The van der Waals surface area contributed by atoms with Crippen LogP contribution in [0.3, 0.4) is 0 Å². The highest BCUT2D eigenvalue weighted by Gasteiger charge is 2.33. The van der Waals surface area contributed by atoms with Crippen LogP contribution >= 0.6 is 0 Å². The van der Waals surface area contributed by atoms with Crippen LogP contribution in [0.4, 0.5) is 15.3 Å². The minimum atomic E-state index is -0.552. The number of rotatable bonds is 6. The number of carbonyl (C=O) groups excluding carboxylic acids is 5. The lowest BCUT2D eigenvalue weighted by molar-refractivity contribution is -0.142. The van der Waals surface area contributed by atoms with Crippen molar-refractivity contribution in [3.63, 3.8) is 0 Å². The Kier molecular flexibility index (Phi) is 9.39. The Balaban J connectivity index is 1.20. The number of imide groups is 1. The maximum Gasteiger partial charge on any atom is 0.407 e. The number of hydrogen-bond donors (Lipinski definition) is 2. The third kappa shape index (κ3) is 8.11. The van der Waals surface area contributed by atoms with Crippen LogP contribution in [0.15, 0.2) is 18.2 Å². The van der Waals surface area contributed by atoms with Gasteiger partial charge in [-0.05, 0) is 65.0 Å². The third-order valence-corrected chi connectivity index (χ3v) is 7.61. The van der Waals surface area contributed by atoms with Crippen molar-refractivity contribution < 1.29 is 33.4 Å². The number of hydrogen-bond acceptors (Lipinski definition) is 7. The van der Waals surface area contributed by atoms with Crippen molar-refractivity contribution in [3.05, 3.63) is 23.8 Å². The second-order valence-electron chi connectivity index (χ2n) is 11.9. The van der Waals surface area contributed by atoms with Gasteiger partial charge in [-0.2, -0.15) is 0 Å². The number of likely N-dealkylation sites (tertiary alicyclic amines) is 2. The van der Waals surface area contributed by atoms with Gasteiger partial charge in [0.1, 0.15) is 11.4 Å². The molecule has 0 atom stereocenters. The van der Waals surface area contributed by atoms with E-state index in [4.69, 9.17) is 9.47 Å². The number of ether oxygens (including phenoxy) is 2. The van der Waals surface area contributed by atoms with E-state index in [-0.39, 0.29) is 49.3 Å². The number of nitrogens with zero attached hydrogens (tertiary/aromatic N) is 3. The van der Waals surface area contributed by atoms with Crippen molar-refractivity contribution in [3.8, 4) is 5.75 Å². The van der Waals surface area contributed by atoms with E-state index < -0.39 is 17.7 Å². The summed E-state index contributed by atoms with van der Waals surface area (Å²) < 4.78 is 11.1. The Morgan fingerprint density at radius 3 is 2.27 bits per heavy atom. The summed E-state index contributed by atoms with van der Waals surface area (Å²) in [5.74, 6) is -0.0200. The smallest absolute Gasteiger partial charge is 0.407 e. The van der Waals surface area contributed by atoms with Crippen LogP contribution in [-0.2, 0) is 19.1 Å². The van der Waals surface area contributed by atoms with Gasteiger partial charge in [-0.15, -0.1) is 0 Å². The first-order valence-electron chi connectivity index (χ1n) is 14.3. The molecule has 0 unspecified atom stereocenters. The van der Waals surface area contributed by atoms with Crippen LogP contribution in [0, 0.1) is 12.8 Å². The fourth-order valence-corrected chi connectivity index (χ4v) is 5.35. The molecule has 0 aromatic heterocycles. The van der Waals surface area contributed by atoms with Gasteiger partial charge in [0.05, 0.1) is 5.69 Å². The molecule has 3 fully saturated rings. The molecule has 1 aromatic rings. The van der Waals surface area contributed by atoms with E-state index in [0.29, 0.717) is 63.3 Å². The van der Waals surface area contributed by atoms with Crippen LogP contribution in [0.5, 0.6) is 5.75 Å². The predicted molar refractivity (Wildman–Crippen MR) is 150 cm³/mol. The summed E-state index contributed by atoms with van der Waals surface area (Å²) in [4.78, 5) is 66.8. The highest BCUT2D eigenvalue weighted by molar-refractivity contribution is 6.06. The molecule has 0 spiro atoms. The van der Waals surface area contributed by atoms with Gasteiger partial charge in [0, 0.05) is 57.2 Å². The van der Waals surface area contributed by atoms with Gasteiger partial charge >= 0.3 is 12.1 Å². The van der Waals surface area contributed by atoms with Crippen LogP contribution in [0.1, 0.15) is 58.4 Å². The minimum Gasteiger partial charge on any atom is -0.484 e. The lowest BCUT2D eigenvalue weighted by Crippen LogP contribution is -2.50. The lowest BCUT2D eigenvalue weighted by atomic mass is 9.93. The molecule has 3 saturated heterocycles. The molecule has 41 heavy (non-hydrogen) atoms. The van der Waals surface area contributed by atoms with Crippen LogP contribution in [0.2, 0.25) is 0 Å². The van der Waals surface area contributed by atoms with Crippen molar-refractivity contribution in [2.45, 2.75) is 71.4 Å². The summed E-state index contributed by atoms with van der Waals surface area (Å²) >= 11 is 0. The van der Waals surface area contributed by atoms with Gasteiger partial charge in [-0.3, -0.25) is 24.6 Å². The Hall–Kier alpha value is -3.83. The molecule has 0 radical (unpaired) electrons. The van der Waals surface area contributed by atoms with E-state index in [0.717, 1.165) is 5.56 Å². The van der Waals surface area contributed by atoms with E-state index in [1.54, 1.807) is 17.0 Å². The Morgan fingerprint density at radius 2 is 1.63 bits per heavy atom. The quantitative estimate of drug-likeness (QED) is 0.535. The molecule has 224 valence electrons. The van der Waals surface area contributed by atoms with Crippen LogP contribution < -0.4 is 20.3 Å². The van der Waals surface area contributed by atoms with Gasteiger partial charge < -0.3 is 24.6 Å². The van der Waals surface area contributed by atoms with E-state index in [9.17, 15) is 24.0 Å². The van der Waals surface area contributed by atoms with Crippen LogP contribution in [-0.4, -0.2) is 90.6 Å². The fourth-order valence-electron chi connectivity index (χ4n) is 5.35. The van der Waals surface area contributed by atoms with E-state index in [1.807, 2.05) is 38.7 Å². The Morgan fingerprint density at radius 1 is 0.976 bits per heavy atom. The summed E-state index contributed by atoms with van der Waals surface area (Å²) in [7, 11) is 0. The highest BCUT2D eigenvalue weighted by atomic mass is 16.6. The van der Waals surface area contributed by atoms with Crippen LogP contribution in [0.25, 0.3) is 0 Å². The molecule has 12 nitrogen and oxygen atoms in total. The molecule has 0 bridgehead atoms. The molecular formula is C29H41N5O7. The van der Waals surface area contributed by atoms with Gasteiger partial charge in [0.25, 0.3) is 5.91 Å². The number of urea groups is 1. The summed E-state index contributed by atoms with van der Waals surface area (Å²) in [6, 6.07) is 4.77. The van der Waals surface area contributed by atoms with E-state index >= 15 is 0 Å². The maximum atomic E-state index is 13.1. The largest absolute Gasteiger partial charge is 0.484 e. The topological polar surface area (TPSA) is 138 Å². The SMILES string of the molecule is Cc1ccc(OCC(=O)N2CCC(C(=O)N3CCC(NC(=O)OC(C)(C)C)CC3)CC2)cc1N1CCC(=O)NC1=O. The number of benzene rings is 1. The first kappa shape index (κ1) is 30.1. The van der Waals surface area contributed by atoms with E-state index in [2.05, 4.69) is 10.6 Å². The summed E-state index contributed by atoms with van der Waals surface area (Å²) in [5, 5.41) is 5.21. The molecule has 4 rings (SSSR count). The van der Waals surface area contributed by atoms with Crippen molar-refractivity contribution in [1.29, 1.82) is 0 Å². The zero-order chi connectivity index (χ0) is 29.7. The summed E-state index contributed by atoms with van der Waals surface area (Å²) in [6.45, 7) is 9.60. The van der Waals surface area contributed by atoms with Crippen molar-refractivity contribution in [1.82, 2.24) is 20.4 Å². The third-order valence-electron chi connectivity index (χ3n) is 7.61. The molecule has 2 N–H and O–H groups in total. The Labute approximate surface area is 240 Å². The molecule has 3 aliphatic heterocycles. The van der Waals surface area contributed by atoms with E-state index in [1.165, 1.54) is 4.90 Å². The summed E-state index contributed by atoms with van der Waals surface area (Å²) in [6.07, 6.45) is 2.34. The highest BCUT2D eigenvalue weighted by Crippen LogP contribution is 2.28.